The van der Waals surface area contributed by atoms with Gasteiger partial charge in [-0.3, -0.25) is 9.59 Å². The van der Waals surface area contributed by atoms with E-state index in [2.05, 4.69) is 15.8 Å². The van der Waals surface area contributed by atoms with E-state index in [9.17, 15) is 9.59 Å². The first-order chi connectivity index (χ1) is 16.1. The predicted molar refractivity (Wildman–Crippen MR) is 132 cm³/mol. The average Bonchev–Trinajstić information content (AvgIpc) is 2.85. The Bertz CT molecular complexity index is 1060. The van der Waals surface area contributed by atoms with Gasteiger partial charge in [-0.05, 0) is 59.7 Å². The van der Waals surface area contributed by atoms with Crippen molar-refractivity contribution in [1.29, 1.82) is 0 Å². The number of anilines is 1. The van der Waals surface area contributed by atoms with Crippen LogP contribution in [0, 0.1) is 0 Å². The molecule has 0 aliphatic rings. The molecule has 3 rings (SSSR count). The van der Waals surface area contributed by atoms with Crippen molar-refractivity contribution < 1.29 is 19.1 Å². The van der Waals surface area contributed by atoms with Crippen molar-refractivity contribution in [2.45, 2.75) is 5.75 Å². The first kappa shape index (κ1) is 23.9. The van der Waals surface area contributed by atoms with Crippen LogP contribution in [0.4, 0.5) is 5.69 Å². The molecule has 0 bridgehead atoms. The van der Waals surface area contributed by atoms with Crippen LogP contribution >= 0.6 is 11.8 Å². The fourth-order valence-corrected chi connectivity index (χ4v) is 3.50. The summed E-state index contributed by atoms with van der Waals surface area (Å²) >= 11 is 1.53. The lowest BCUT2D eigenvalue weighted by atomic mass is 10.2. The molecule has 0 fully saturated rings. The quantitative estimate of drug-likeness (QED) is 0.330. The van der Waals surface area contributed by atoms with Crippen LogP contribution in [0.5, 0.6) is 11.5 Å². The highest BCUT2D eigenvalue weighted by Crippen LogP contribution is 2.15. The van der Waals surface area contributed by atoms with Crippen LogP contribution in [-0.2, 0) is 15.3 Å². The van der Waals surface area contributed by atoms with Gasteiger partial charge in [0.25, 0.3) is 5.91 Å². The molecule has 3 aromatic rings. The first-order valence-electron chi connectivity index (χ1n) is 10.2. The summed E-state index contributed by atoms with van der Waals surface area (Å²) in [7, 11) is 1.59. The number of hydrazone groups is 1. The van der Waals surface area contributed by atoms with E-state index in [1.54, 1.807) is 61.9 Å². The first-order valence-corrected chi connectivity index (χ1v) is 11.4. The maximum absolute atomic E-state index is 12.0. The van der Waals surface area contributed by atoms with E-state index < -0.39 is 0 Å². The highest BCUT2D eigenvalue weighted by atomic mass is 32.2. The molecule has 0 heterocycles. The third-order valence-electron chi connectivity index (χ3n) is 4.37. The SMILES string of the molecule is COc1ccc(NC(=O)COc2ccc(/C=N\NC(=O)CSCc3ccccc3)cc2)cc1. The van der Waals surface area contributed by atoms with E-state index in [0.717, 1.165) is 17.1 Å². The number of hydrogen-bond donors (Lipinski definition) is 2. The minimum atomic E-state index is -0.265. The Balaban J connectivity index is 1.35. The molecule has 0 unspecified atom stereocenters. The number of methoxy groups -OCH3 is 1. The minimum Gasteiger partial charge on any atom is -0.497 e. The van der Waals surface area contributed by atoms with Gasteiger partial charge in [-0.2, -0.15) is 5.10 Å². The van der Waals surface area contributed by atoms with Gasteiger partial charge in [-0.25, -0.2) is 5.43 Å². The van der Waals surface area contributed by atoms with Crippen LogP contribution in [-0.4, -0.2) is 37.5 Å². The summed E-state index contributed by atoms with van der Waals surface area (Å²) in [6.45, 7) is -0.115. The monoisotopic (exact) mass is 463 g/mol. The highest BCUT2D eigenvalue weighted by molar-refractivity contribution is 7.99. The zero-order chi connectivity index (χ0) is 23.3. The van der Waals surface area contributed by atoms with Crippen LogP contribution in [0.15, 0.2) is 84.0 Å². The maximum Gasteiger partial charge on any atom is 0.262 e. The summed E-state index contributed by atoms with van der Waals surface area (Å²) in [4.78, 5) is 23.9. The van der Waals surface area contributed by atoms with Crippen molar-refractivity contribution in [2.75, 3.05) is 24.8 Å². The van der Waals surface area contributed by atoms with Gasteiger partial charge in [0.2, 0.25) is 5.91 Å². The van der Waals surface area contributed by atoms with Crippen molar-refractivity contribution in [2.24, 2.45) is 5.10 Å². The van der Waals surface area contributed by atoms with Crippen LogP contribution in [0.1, 0.15) is 11.1 Å². The molecule has 2 amide bonds. The Labute approximate surface area is 197 Å². The molecular formula is C25H25N3O4S. The molecular weight excluding hydrogens is 438 g/mol. The van der Waals surface area contributed by atoms with Crippen molar-refractivity contribution >= 4 is 35.5 Å². The second kappa shape index (κ2) is 12.9. The van der Waals surface area contributed by atoms with E-state index in [0.29, 0.717) is 17.2 Å². The number of amides is 2. The number of carbonyl (C=O) groups is 2. The number of thioether (sulfide) groups is 1. The Hall–Kier alpha value is -3.78. The molecule has 0 atom stereocenters. The summed E-state index contributed by atoms with van der Waals surface area (Å²) in [5.41, 5.74) is 5.16. The zero-order valence-corrected chi connectivity index (χ0v) is 19.0. The number of nitrogens with zero attached hydrogens (tertiary/aromatic N) is 1. The molecule has 0 spiro atoms. The van der Waals surface area contributed by atoms with E-state index >= 15 is 0 Å². The molecule has 33 heavy (non-hydrogen) atoms. The van der Waals surface area contributed by atoms with Gasteiger partial charge >= 0.3 is 0 Å². The van der Waals surface area contributed by atoms with E-state index in [1.807, 2.05) is 30.3 Å². The molecule has 0 aliphatic carbocycles. The third kappa shape index (κ3) is 8.70. The average molecular weight is 464 g/mol. The second-order valence-electron chi connectivity index (χ2n) is 6.91. The zero-order valence-electron chi connectivity index (χ0n) is 18.2. The van der Waals surface area contributed by atoms with Crippen molar-refractivity contribution in [1.82, 2.24) is 5.43 Å². The topological polar surface area (TPSA) is 89.0 Å². The van der Waals surface area contributed by atoms with Gasteiger partial charge in [0.1, 0.15) is 11.5 Å². The lowest BCUT2D eigenvalue weighted by Gasteiger charge is -2.08. The molecule has 0 aliphatic heterocycles. The molecule has 8 heteroatoms. The molecule has 3 aromatic carbocycles. The van der Waals surface area contributed by atoms with Crippen LogP contribution < -0.4 is 20.2 Å². The van der Waals surface area contributed by atoms with Gasteiger partial charge in [0.15, 0.2) is 6.61 Å². The van der Waals surface area contributed by atoms with Gasteiger partial charge in [-0.1, -0.05) is 30.3 Å². The second-order valence-corrected chi connectivity index (χ2v) is 7.89. The number of carbonyl (C=O) groups excluding carboxylic acids is 2. The van der Waals surface area contributed by atoms with E-state index in [4.69, 9.17) is 9.47 Å². The molecule has 7 nitrogen and oxygen atoms in total. The molecule has 2 N–H and O–H groups in total. The predicted octanol–water partition coefficient (Wildman–Crippen LogP) is 4.10. The summed E-state index contributed by atoms with van der Waals surface area (Å²) in [5.74, 6) is 1.95. The van der Waals surface area contributed by atoms with Gasteiger partial charge < -0.3 is 14.8 Å². The van der Waals surface area contributed by atoms with Crippen LogP contribution in [0.25, 0.3) is 0 Å². The largest absolute Gasteiger partial charge is 0.497 e. The van der Waals surface area contributed by atoms with Crippen molar-refractivity contribution in [3.8, 4) is 11.5 Å². The lowest BCUT2D eigenvalue weighted by molar-refractivity contribution is -0.119. The van der Waals surface area contributed by atoms with Gasteiger partial charge in [-0.15, -0.1) is 11.8 Å². The Morgan fingerprint density at radius 3 is 2.30 bits per heavy atom. The fraction of sp³-hybridized carbons (Fsp3) is 0.160. The molecule has 0 radical (unpaired) electrons. The molecule has 0 saturated carbocycles. The lowest BCUT2D eigenvalue weighted by Crippen LogP contribution is -2.20. The molecule has 170 valence electrons. The number of hydrogen-bond acceptors (Lipinski definition) is 6. The molecule has 0 aromatic heterocycles. The van der Waals surface area contributed by atoms with Gasteiger partial charge in [0.05, 0.1) is 19.1 Å². The smallest absolute Gasteiger partial charge is 0.262 e. The fourth-order valence-electron chi connectivity index (χ4n) is 2.72. The number of ether oxygens (including phenoxy) is 2. The Kier molecular flexibility index (Phi) is 9.35. The summed E-state index contributed by atoms with van der Waals surface area (Å²) in [5, 5.41) is 6.73. The standard InChI is InChI=1S/C25H25N3O4S/c1-31-22-13-9-21(10-14-22)27-24(29)16-32-23-11-7-19(8-12-23)15-26-28-25(30)18-33-17-20-5-3-2-4-6-20/h2-15H,16-18H2,1H3,(H,27,29)(H,28,30)/b26-15-. The maximum atomic E-state index is 12.0. The van der Waals surface area contributed by atoms with Crippen LogP contribution in [0.2, 0.25) is 0 Å². The number of rotatable bonds is 11. The minimum absolute atomic E-state index is 0.115. The van der Waals surface area contributed by atoms with E-state index in [1.165, 1.54) is 17.3 Å². The normalized spacial score (nSPS) is 10.6. The Morgan fingerprint density at radius 1 is 0.909 bits per heavy atom. The summed E-state index contributed by atoms with van der Waals surface area (Å²) in [6.07, 6.45) is 1.56. The van der Waals surface area contributed by atoms with E-state index in [-0.39, 0.29) is 18.4 Å². The van der Waals surface area contributed by atoms with Crippen LogP contribution in [0.3, 0.4) is 0 Å². The third-order valence-corrected chi connectivity index (χ3v) is 5.38. The van der Waals surface area contributed by atoms with Crippen molar-refractivity contribution in [3.63, 3.8) is 0 Å². The summed E-state index contributed by atoms with van der Waals surface area (Å²) < 4.78 is 10.6. The number of benzene rings is 3. The van der Waals surface area contributed by atoms with Gasteiger partial charge in [0, 0.05) is 11.4 Å². The van der Waals surface area contributed by atoms with Crippen molar-refractivity contribution in [3.05, 3.63) is 90.0 Å². The highest BCUT2D eigenvalue weighted by Gasteiger charge is 2.04. The number of nitrogens with one attached hydrogen (secondary N) is 2. The summed E-state index contributed by atoms with van der Waals surface area (Å²) in [6, 6.07) is 24.1. The Morgan fingerprint density at radius 2 is 1.61 bits per heavy atom. The molecule has 0 saturated heterocycles.